The Balaban J connectivity index is 2.32. The van der Waals surface area contributed by atoms with Crippen LogP contribution in [-0.2, 0) is 6.42 Å². The largest absolute Gasteiger partial charge is 0.496 e. The summed E-state index contributed by atoms with van der Waals surface area (Å²) in [7, 11) is 1.73. The molecule has 0 aliphatic heterocycles. The summed E-state index contributed by atoms with van der Waals surface area (Å²) in [6.45, 7) is 7.38. The third-order valence-corrected chi connectivity index (χ3v) is 3.89. The zero-order valence-corrected chi connectivity index (χ0v) is 13.4. The maximum Gasteiger partial charge on any atom is 0.122 e. The average molecular weight is 283 g/mol. The van der Waals surface area contributed by atoms with Gasteiger partial charge in [-0.3, -0.25) is 0 Å². The minimum Gasteiger partial charge on any atom is -0.496 e. The van der Waals surface area contributed by atoms with Crippen LogP contribution in [0.1, 0.15) is 35.2 Å². The quantitative estimate of drug-likeness (QED) is 0.857. The fourth-order valence-corrected chi connectivity index (χ4v) is 2.80. The molecule has 0 heterocycles. The molecule has 0 spiro atoms. The first kappa shape index (κ1) is 15.6. The summed E-state index contributed by atoms with van der Waals surface area (Å²) < 4.78 is 5.42. The van der Waals surface area contributed by atoms with E-state index in [0.29, 0.717) is 6.04 Å². The summed E-state index contributed by atoms with van der Waals surface area (Å²) in [6.07, 6.45) is 1.00. The van der Waals surface area contributed by atoms with Crippen LogP contribution in [0.15, 0.2) is 42.5 Å². The van der Waals surface area contributed by atoms with E-state index in [9.17, 15) is 0 Å². The van der Waals surface area contributed by atoms with Crippen LogP contribution < -0.4 is 10.1 Å². The zero-order valence-electron chi connectivity index (χ0n) is 13.4. The molecular weight excluding hydrogens is 258 g/mol. The predicted octanol–water partition coefficient (Wildman–Crippen LogP) is 4.21. The maximum absolute atomic E-state index is 5.42. The van der Waals surface area contributed by atoms with Crippen LogP contribution in [0.4, 0.5) is 0 Å². The Bertz CT molecular complexity index is 578. The zero-order chi connectivity index (χ0) is 15.2. The summed E-state index contributed by atoms with van der Waals surface area (Å²) >= 11 is 0. The van der Waals surface area contributed by atoms with Gasteiger partial charge < -0.3 is 10.1 Å². The first-order valence-electron chi connectivity index (χ1n) is 7.58. The summed E-state index contributed by atoms with van der Waals surface area (Å²) in [4.78, 5) is 0. The van der Waals surface area contributed by atoms with Gasteiger partial charge in [-0.25, -0.2) is 0 Å². The molecular formula is C19H25NO. The standard InChI is InChI=1S/C19H25NO/c1-5-20-18(13-16-9-7-6-8-10-16)17-11-15(3)19(21-4)12-14(17)2/h6-12,18,20H,5,13H2,1-4H3. The van der Waals surface area contributed by atoms with Gasteiger partial charge in [0.05, 0.1) is 7.11 Å². The van der Waals surface area contributed by atoms with Gasteiger partial charge in [0.15, 0.2) is 0 Å². The third-order valence-electron chi connectivity index (χ3n) is 3.89. The van der Waals surface area contributed by atoms with E-state index in [0.717, 1.165) is 18.7 Å². The molecule has 0 bridgehead atoms. The number of aryl methyl sites for hydroxylation is 2. The number of rotatable bonds is 6. The third kappa shape index (κ3) is 3.85. The number of nitrogens with one attached hydrogen (secondary N) is 1. The summed E-state index contributed by atoms with van der Waals surface area (Å²) in [5.41, 5.74) is 5.18. The fourth-order valence-electron chi connectivity index (χ4n) is 2.80. The molecule has 0 radical (unpaired) electrons. The molecule has 1 N–H and O–H groups in total. The van der Waals surface area contributed by atoms with E-state index < -0.39 is 0 Å². The molecule has 2 aromatic carbocycles. The molecule has 1 atom stereocenters. The summed E-state index contributed by atoms with van der Waals surface area (Å²) in [6, 6.07) is 15.4. The van der Waals surface area contributed by atoms with Crippen LogP contribution in [0.5, 0.6) is 5.75 Å². The Morgan fingerprint density at radius 1 is 1.05 bits per heavy atom. The van der Waals surface area contributed by atoms with Crippen molar-refractivity contribution in [3.8, 4) is 5.75 Å². The molecule has 2 rings (SSSR count). The molecule has 0 amide bonds. The van der Waals surface area contributed by atoms with Crippen molar-refractivity contribution in [1.82, 2.24) is 5.32 Å². The van der Waals surface area contributed by atoms with Gasteiger partial charge in [-0.05, 0) is 55.1 Å². The number of methoxy groups -OCH3 is 1. The lowest BCUT2D eigenvalue weighted by molar-refractivity contribution is 0.410. The van der Waals surface area contributed by atoms with Crippen molar-refractivity contribution >= 4 is 0 Å². The lowest BCUT2D eigenvalue weighted by Gasteiger charge is -2.22. The van der Waals surface area contributed by atoms with Crippen LogP contribution in [0, 0.1) is 13.8 Å². The Morgan fingerprint density at radius 3 is 2.38 bits per heavy atom. The Kier molecular flexibility index (Phi) is 5.40. The minimum absolute atomic E-state index is 0.335. The van der Waals surface area contributed by atoms with Crippen LogP contribution >= 0.6 is 0 Å². The van der Waals surface area contributed by atoms with Crippen LogP contribution in [-0.4, -0.2) is 13.7 Å². The van der Waals surface area contributed by atoms with Crippen molar-refractivity contribution in [2.24, 2.45) is 0 Å². The highest BCUT2D eigenvalue weighted by molar-refractivity contribution is 5.43. The lowest BCUT2D eigenvalue weighted by Crippen LogP contribution is -2.24. The first-order chi connectivity index (χ1) is 10.2. The molecule has 0 fully saturated rings. The first-order valence-corrected chi connectivity index (χ1v) is 7.58. The van der Waals surface area contributed by atoms with E-state index in [4.69, 9.17) is 4.74 Å². The Labute approximate surface area is 128 Å². The second-order valence-electron chi connectivity index (χ2n) is 5.48. The van der Waals surface area contributed by atoms with Crippen LogP contribution in [0.2, 0.25) is 0 Å². The van der Waals surface area contributed by atoms with Crippen LogP contribution in [0.25, 0.3) is 0 Å². The van der Waals surface area contributed by atoms with Gasteiger partial charge in [0.2, 0.25) is 0 Å². The van der Waals surface area contributed by atoms with E-state index in [2.05, 4.69) is 68.6 Å². The smallest absolute Gasteiger partial charge is 0.122 e. The molecule has 0 aliphatic carbocycles. The topological polar surface area (TPSA) is 21.3 Å². The van der Waals surface area contributed by atoms with Crippen molar-refractivity contribution in [1.29, 1.82) is 0 Å². The Hall–Kier alpha value is -1.80. The molecule has 2 nitrogen and oxygen atoms in total. The lowest BCUT2D eigenvalue weighted by atomic mass is 9.93. The number of likely N-dealkylation sites (N-methyl/N-ethyl adjacent to an activating group) is 1. The van der Waals surface area contributed by atoms with Gasteiger partial charge in [0, 0.05) is 6.04 Å². The van der Waals surface area contributed by atoms with E-state index >= 15 is 0 Å². The molecule has 1 unspecified atom stereocenters. The average Bonchev–Trinajstić information content (AvgIpc) is 2.50. The van der Waals surface area contributed by atoms with E-state index in [1.54, 1.807) is 7.11 Å². The maximum atomic E-state index is 5.42. The number of hydrogen-bond donors (Lipinski definition) is 1. The molecule has 2 heteroatoms. The molecule has 21 heavy (non-hydrogen) atoms. The molecule has 2 aromatic rings. The van der Waals surface area contributed by atoms with Gasteiger partial charge in [0.1, 0.15) is 5.75 Å². The van der Waals surface area contributed by atoms with Crippen molar-refractivity contribution in [3.05, 3.63) is 64.7 Å². The second-order valence-corrected chi connectivity index (χ2v) is 5.48. The highest BCUT2D eigenvalue weighted by atomic mass is 16.5. The molecule has 0 aromatic heterocycles. The number of benzene rings is 2. The normalized spacial score (nSPS) is 12.2. The van der Waals surface area contributed by atoms with Gasteiger partial charge in [-0.15, -0.1) is 0 Å². The van der Waals surface area contributed by atoms with Crippen molar-refractivity contribution in [3.63, 3.8) is 0 Å². The molecule has 112 valence electrons. The predicted molar refractivity (Wildman–Crippen MR) is 89.0 cm³/mol. The highest BCUT2D eigenvalue weighted by Crippen LogP contribution is 2.28. The number of ether oxygens (including phenoxy) is 1. The highest BCUT2D eigenvalue weighted by Gasteiger charge is 2.15. The van der Waals surface area contributed by atoms with E-state index in [1.807, 2.05) is 0 Å². The molecule has 0 saturated carbocycles. The second kappa shape index (κ2) is 7.28. The van der Waals surface area contributed by atoms with E-state index in [1.165, 1.54) is 22.3 Å². The van der Waals surface area contributed by atoms with Crippen molar-refractivity contribution < 1.29 is 4.74 Å². The summed E-state index contributed by atoms with van der Waals surface area (Å²) in [5.74, 6) is 0.964. The van der Waals surface area contributed by atoms with Crippen LogP contribution in [0.3, 0.4) is 0 Å². The minimum atomic E-state index is 0.335. The monoisotopic (exact) mass is 283 g/mol. The van der Waals surface area contributed by atoms with Crippen molar-refractivity contribution in [2.75, 3.05) is 13.7 Å². The summed E-state index contributed by atoms with van der Waals surface area (Å²) in [5, 5.41) is 3.61. The number of hydrogen-bond acceptors (Lipinski definition) is 2. The van der Waals surface area contributed by atoms with E-state index in [-0.39, 0.29) is 0 Å². The van der Waals surface area contributed by atoms with Gasteiger partial charge in [-0.1, -0.05) is 43.3 Å². The fraction of sp³-hybridized carbons (Fsp3) is 0.368. The van der Waals surface area contributed by atoms with Gasteiger partial charge in [0.25, 0.3) is 0 Å². The Morgan fingerprint density at radius 2 is 1.76 bits per heavy atom. The molecule has 0 aliphatic rings. The van der Waals surface area contributed by atoms with Gasteiger partial charge >= 0.3 is 0 Å². The van der Waals surface area contributed by atoms with Crippen molar-refractivity contribution in [2.45, 2.75) is 33.2 Å². The molecule has 0 saturated heterocycles. The van der Waals surface area contributed by atoms with Gasteiger partial charge in [-0.2, -0.15) is 0 Å². The SMILES string of the molecule is CCNC(Cc1ccccc1)c1cc(C)c(OC)cc1C.